The number of hydrogen-bond donors (Lipinski definition) is 2. The van der Waals surface area contributed by atoms with Crippen LogP contribution in [0.15, 0.2) is 18.2 Å². The molecule has 0 aromatic heterocycles. The Morgan fingerprint density at radius 3 is 1.48 bits per heavy atom. The van der Waals surface area contributed by atoms with Crippen LogP contribution in [0.5, 0.6) is 0 Å². The second-order valence-corrected chi connectivity index (χ2v) is 3.93. The third-order valence-electron chi connectivity index (χ3n) is 2.16. The van der Waals surface area contributed by atoms with E-state index in [1.54, 1.807) is 0 Å². The summed E-state index contributed by atoms with van der Waals surface area (Å²) in [6.07, 6.45) is -10.6. The third kappa shape index (κ3) is 5.12. The molecule has 0 aliphatic heterocycles. The van der Waals surface area contributed by atoms with Gasteiger partial charge in [0.25, 0.3) is 5.69 Å². The first-order valence-electron chi connectivity index (χ1n) is 5.36. The molecule has 1 aromatic rings. The van der Waals surface area contributed by atoms with Gasteiger partial charge in [0.05, 0.1) is 4.92 Å². The summed E-state index contributed by atoms with van der Waals surface area (Å²) in [6.45, 7) is 0. The van der Waals surface area contributed by atoms with Crippen molar-refractivity contribution in [1.29, 1.82) is 0 Å². The first-order valence-corrected chi connectivity index (χ1v) is 5.36. The number of carbonyl (C=O) groups is 2. The number of alkyl halides is 6. The van der Waals surface area contributed by atoms with Crippen LogP contribution in [-0.4, -0.2) is 29.1 Å². The second kappa shape index (κ2) is 6.10. The van der Waals surface area contributed by atoms with Crippen LogP contribution in [0.1, 0.15) is 0 Å². The Hall–Kier alpha value is -2.86. The summed E-state index contributed by atoms with van der Waals surface area (Å²) in [5, 5.41) is 13.1. The Morgan fingerprint density at radius 1 is 0.870 bits per heavy atom. The lowest BCUT2D eigenvalue weighted by Gasteiger charge is -2.11. The van der Waals surface area contributed by atoms with Crippen molar-refractivity contribution >= 4 is 28.9 Å². The molecule has 0 aliphatic rings. The van der Waals surface area contributed by atoms with Gasteiger partial charge in [-0.05, 0) is 6.07 Å². The van der Waals surface area contributed by atoms with Gasteiger partial charge < -0.3 is 10.6 Å². The molecule has 13 heteroatoms. The number of carbonyl (C=O) groups excluding carboxylic acids is 2. The summed E-state index contributed by atoms with van der Waals surface area (Å²) in [5.74, 6) is -4.99. The van der Waals surface area contributed by atoms with E-state index >= 15 is 0 Å². The zero-order valence-electron chi connectivity index (χ0n) is 10.6. The number of nitro benzene ring substituents is 1. The minimum atomic E-state index is -5.32. The van der Waals surface area contributed by atoms with Crippen LogP contribution < -0.4 is 10.6 Å². The molecule has 1 rings (SSSR count). The van der Waals surface area contributed by atoms with Crippen molar-refractivity contribution in [1.82, 2.24) is 0 Å². The van der Waals surface area contributed by atoms with Gasteiger partial charge in [0.2, 0.25) is 0 Å². The first-order chi connectivity index (χ1) is 10.3. The molecule has 1 aromatic carbocycles. The topological polar surface area (TPSA) is 101 Å². The lowest BCUT2D eigenvalue weighted by molar-refractivity contribution is -0.384. The number of amides is 2. The number of benzene rings is 1. The third-order valence-corrected chi connectivity index (χ3v) is 2.16. The quantitative estimate of drug-likeness (QED) is 0.499. The van der Waals surface area contributed by atoms with Gasteiger partial charge in [0, 0.05) is 23.5 Å². The highest BCUT2D eigenvalue weighted by atomic mass is 19.4. The van der Waals surface area contributed by atoms with Gasteiger partial charge in [-0.25, -0.2) is 0 Å². The molecule has 0 atom stereocenters. The fourth-order valence-corrected chi connectivity index (χ4v) is 1.26. The van der Waals surface area contributed by atoms with Crippen molar-refractivity contribution in [3.63, 3.8) is 0 Å². The summed E-state index contributed by atoms with van der Waals surface area (Å²) in [6, 6.07) is 1.46. The summed E-state index contributed by atoms with van der Waals surface area (Å²) in [5.41, 5.74) is -2.58. The number of halogens is 6. The molecule has 126 valence electrons. The fraction of sp³-hybridized carbons (Fsp3) is 0.200. The Kier molecular flexibility index (Phi) is 4.82. The molecule has 2 N–H and O–H groups in total. The van der Waals surface area contributed by atoms with Crippen molar-refractivity contribution in [2.24, 2.45) is 0 Å². The van der Waals surface area contributed by atoms with Crippen LogP contribution in [0, 0.1) is 10.1 Å². The van der Waals surface area contributed by atoms with E-state index in [1.807, 2.05) is 0 Å². The Labute approximate surface area is 122 Å². The number of non-ortho nitro benzene ring substituents is 1. The molecular weight excluding hydrogens is 340 g/mol. The van der Waals surface area contributed by atoms with Crippen LogP contribution in [0.3, 0.4) is 0 Å². The predicted octanol–water partition coefficient (Wildman–Crippen LogP) is 2.60. The SMILES string of the molecule is O=C(Nc1cc(NC(=O)C(F)(F)F)cc([N+](=O)[O-])c1)C(F)(F)F. The molecule has 0 radical (unpaired) electrons. The molecule has 0 unspecified atom stereocenters. The minimum Gasteiger partial charge on any atom is -0.318 e. The Bertz CT molecular complexity index is 609. The van der Waals surface area contributed by atoms with E-state index in [-0.39, 0.29) is 0 Å². The van der Waals surface area contributed by atoms with E-state index in [0.29, 0.717) is 18.2 Å². The monoisotopic (exact) mass is 345 g/mol. The molecule has 0 bridgehead atoms. The number of hydrogen-bond acceptors (Lipinski definition) is 4. The van der Waals surface area contributed by atoms with Crippen molar-refractivity contribution in [3.8, 4) is 0 Å². The molecule has 0 saturated carbocycles. The van der Waals surface area contributed by atoms with Gasteiger partial charge in [-0.1, -0.05) is 0 Å². The first kappa shape index (κ1) is 18.2. The summed E-state index contributed by atoms with van der Waals surface area (Å²) in [4.78, 5) is 30.9. The molecule has 0 aliphatic carbocycles. The zero-order valence-corrected chi connectivity index (χ0v) is 10.6. The smallest absolute Gasteiger partial charge is 0.318 e. The predicted molar refractivity (Wildman–Crippen MR) is 62.5 cm³/mol. The lowest BCUT2D eigenvalue weighted by atomic mass is 10.2. The molecule has 0 spiro atoms. The van der Waals surface area contributed by atoms with E-state index in [1.165, 1.54) is 10.6 Å². The van der Waals surface area contributed by atoms with Gasteiger partial charge in [-0.15, -0.1) is 0 Å². The highest BCUT2D eigenvalue weighted by Crippen LogP contribution is 2.27. The standard InChI is InChI=1S/C10H5F6N3O4/c11-9(12,13)7(20)17-4-1-5(3-6(2-4)19(22)23)18-8(21)10(14,15)16/h1-3H,(H,17,20)(H,18,21). The van der Waals surface area contributed by atoms with Crippen LogP contribution in [0.4, 0.5) is 43.4 Å². The average Bonchev–Trinajstić information content (AvgIpc) is 2.35. The van der Waals surface area contributed by atoms with Gasteiger partial charge in [0.1, 0.15) is 0 Å². The normalized spacial score (nSPS) is 11.7. The van der Waals surface area contributed by atoms with E-state index in [9.17, 15) is 46.0 Å². The number of nitrogens with zero attached hydrogens (tertiary/aromatic N) is 1. The van der Waals surface area contributed by atoms with Gasteiger partial charge in [0.15, 0.2) is 0 Å². The number of nitro groups is 1. The van der Waals surface area contributed by atoms with E-state index in [0.717, 1.165) is 0 Å². The van der Waals surface area contributed by atoms with Crippen LogP contribution in [0.25, 0.3) is 0 Å². The number of anilines is 2. The van der Waals surface area contributed by atoms with E-state index in [2.05, 4.69) is 0 Å². The van der Waals surface area contributed by atoms with Crippen molar-refractivity contribution in [3.05, 3.63) is 28.3 Å². The largest absolute Gasteiger partial charge is 0.471 e. The Morgan fingerprint density at radius 2 is 1.22 bits per heavy atom. The van der Waals surface area contributed by atoms with Crippen molar-refractivity contribution in [2.45, 2.75) is 12.4 Å². The molecular formula is C10H5F6N3O4. The van der Waals surface area contributed by atoms with Crippen LogP contribution in [0.2, 0.25) is 0 Å². The molecule has 7 nitrogen and oxygen atoms in total. The Balaban J connectivity index is 3.16. The molecule has 0 saturated heterocycles. The van der Waals surface area contributed by atoms with Crippen LogP contribution >= 0.6 is 0 Å². The van der Waals surface area contributed by atoms with Crippen molar-refractivity contribution in [2.75, 3.05) is 10.6 Å². The molecule has 2 amide bonds. The highest BCUT2D eigenvalue weighted by Gasteiger charge is 2.40. The molecule has 0 heterocycles. The van der Waals surface area contributed by atoms with Crippen molar-refractivity contribution < 1.29 is 40.9 Å². The van der Waals surface area contributed by atoms with Gasteiger partial charge in [-0.2, -0.15) is 26.3 Å². The van der Waals surface area contributed by atoms with Crippen LogP contribution in [-0.2, 0) is 9.59 Å². The van der Waals surface area contributed by atoms with E-state index in [4.69, 9.17) is 0 Å². The summed E-state index contributed by atoms with van der Waals surface area (Å²) in [7, 11) is 0. The number of rotatable bonds is 3. The van der Waals surface area contributed by atoms with Gasteiger partial charge in [-0.3, -0.25) is 19.7 Å². The van der Waals surface area contributed by atoms with Gasteiger partial charge >= 0.3 is 24.2 Å². The van der Waals surface area contributed by atoms with E-state index < -0.39 is 46.2 Å². The lowest BCUT2D eigenvalue weighted by Crippen LogP contribution is -2.31. The number of nitrogens with one attached hydrogen (secondary N) is 2. The highest BCUT2D eigenvalue weighted by molar-refractivity contribution is 5.98. The second-order valence-electron chi connectivity index (χ2n) is 3.93. The molecule has 23 heavy (non-hydrogen) atoms. The maximum absolute atomic E-state index is 12.1. The fourth-order valence-electron chi connectivity index (χ4n) is 1.26. The maximum Gasteiger partial charge on any atom is 0.471 e. The maximum atomic E-state index is 12.1. The average molecular weight is 345 g/mol. The zero-order chi connectivity index (χ0) is 18.0. The summed E-state index contributed by atoms with van der Waals surface area (Å²) >= 11 is 0. The summed E-state index contributed by atoms with van der Waals surface area (Å²) < 4.78 is 72.6. The minimum absolute atomic E-state index is 0.479. The molecule has 0 fully saturated rings.